The lowest BCUT2D eigenvalue weighted by Gasteiger charge is -2.08. The Labute approximate surface area is 130 Å². The fourth-order valence-corrected chi connectivity index (χ4v) is 4.27. The Bertz CT molecular complexity index is 427. The van der Waals surface area contributed by atoms with Crippen LogP contribution in [0.15, 0.2) is 48.5 Å². The first-order valence-electron chi connectivity index (χ1n) is 7.21. The molecule has 0 fully saturated rings. The number of benzene rings is 2. The predicted octanol–water partition coefficient (Wildman–Crippen LogP) is 4.95. The molecule has 0 aromatic heterocycles. The second-order valence-corrected chi connectivity index (χ2v) is 7.45. The summed E-state index contributed by atoms with van der Waals surface area (Å²) in [5.41, 5.74) is 5.84. The Hall–Kier alpha value is -0.860. The Morgan fingerprint density at radius 1 is 0.500 bits per heavy atom. The van der Waals surface area contributed by atoms with E-state index in [1.54, 1.807) is 0 Å². The fourth-order valence-electron chi connectivity index (χ4n) is 2.36. The summed E-state index contributed by atoms with van der Waals surface area (Å²) in [6.45, 7) is 0. The van der Waals surface area contributed by atoms with E-state index >= 15 is 0 Å². The molecule has 0 aliphatic carbocycles. The van der Waals surface area contributed by atoms with Crippen LogP contribution in [-0.4, -0.2) is 11.5 Å². The van der Waals surface area contributed by atoms with Gasteiger partial charge in [-0.3, -0.25) is 0 Å². The summed E-state index contributed by atoms with van der Waals surface area (Å²) >= 11 is 4.07. The van der Waals surface area contributed by atoms with E-state index in [-0.39, 0.29) is 0 Å². The van der Waals surface area contributed by atoms with Crippen LogP contribution < -0.4 is 0 Å². The molecule has 104 valence electrons. The van der Waals surface area contributed by atoms with E-state index < -0.39 is 0 Å². The predicted molar refractivity (Wildman–Crippen MR) is 92.6 cm³/mol. The highest BCUT2D eigenvalue weighted by molar-refractivity contribution is 7.98. The van der Waals surface area contributed by atoms with Gasteiger partial charge in [0.1, 0.15) is 0 Å². The van der Waals surface area contributed by atoms with Crippen molar-refractivity contribution in [1.82, 2.24) is 0 Å². The summed E-state index contributed by atoms with van der Waals surface area (Å²) in [6.07, 6.45) is 2.36. The van der Waals surface area contributed by atoms with Crippen molar-refractivity contribution in [2.75, 3.05) is 11.5 Å². The van der Waals surface area contributed by atoms with Gasteiger partial charge in [-0.1, -0.05) is 48.5 Å². The molecule has 4 heterocycles. The SMILES string of the molecule is c1cc2ccc1CCSCc1ccc(cc1)CSCC2. The van der Waals surface area contributed by atoms with E-state index in [1.807, 2.05) is 23.5 Å². The zero-order valence-corrected chi connectivity index (χ0v) is 13.3. The largest absolute Gasteiger partial charge is 0.157 e. The second kappa shape index (κ2) is 7.24. The van der Waals surface area contributed by atoms with Crippen LogP contribution in [0.3, 0.4) is 0 Å². The molecule has 4 aliphatic heterocycles. The molecule has 0 unspecified atom stereocenters. The van der Waals surface area contributed by atoms with Gasteiger partial charge in [-0.15, -0.1) is 0 Å². The molecule has 4 bridgehead atoms. The molecular weight excluding hydrogens is 280 g/mol. The Morgan fingerprint density at radius 2 is 0.850 bits per heavy atom. The molecular formula is C18H20S2. The summed E-state index contributed by atoms with van der Waals surface area (Å²) in [5, 5.41) is 0. The molecule has 0 amide bonds. The first-order valence-corrected chi connectivity index (χ1v) is 9.52. The van der Waals surface area contributed by atoms with Gasteiger partial charge in [-0.2, -0.15) is 23.5 Å². The van der Waals surface area contributed by atoms with Crippen LogP contribution in [0.5, 0.6) is 0 Å². The average molecular weight is 300 g/mol. The van der Waals surface area contributed by atoms with Gasteiger partial charge in [0.15, 0.2) is 0 Å². The Morgan fingerprint density at radius 3 is 1.25 bits per heavy atom. The summed E-state index contributed by atoms with van der Waals surface area (Å²) < 4.78 is 0. The fraction of sp³-hybridized carbons (Fsp3) is 0.333. The highest BCUT2D eigenvalue weighted by atomic mass is 32.2. The summed E-state index contributed by atoms with van der Waals surface area (Å²) in [6, 6.07) is 18.4. The number of rotatable bonds is 0. The van der Waals surface area contributed by atoms with Crippen LogP contribution in [0.2, 0.25) is 0 Å². The van der Waals surface area contributed by atoms with Crippen molar-refractivity contribution in [2.45, 2.75) is 24.3 Å². The number of hydrogen-bond donors (Lipinski definition) is 0. The molecule has 2 heteroatoms. The lowest BCUT2D eigenvalue weighted by Crippen LogP contribution is -1.94. The third-order valence-corrected chi connectivity index (χ3v) is 5.71. The maximum atomic E-state index is 2.31. The van der Waals surface area contributed by atoms with Gasteiger partial charge >= 0.3 is 0 Å². The van der Waals surface area contributed by atoms with Gasteiger partial charge in [-0.05, 0) is 46.6 Å². The lowest BCUT2D eigenvalue weighted by molar-refractivity contribution is 1.11. The van der Waals surface area contributed by atoms with Crippen molar-refractivity contribution in [3.05, 3.63) is 70.8 Å². The Kier molecular flexibility index (Phi) is 5.10. The van der Waals surface area contributed by atoms with E-state index in [0.717, 1.165) is 11.5 Å². The van der Waals surface area contributed by atoms with Crippen molar-refractivity contribution in [1.29, 1.82) is 0 Å². The molecule has 0 atom stereocenters. The van der Waals surface area contributed by atoms with Gasteiger partial charge in [0, 0.05) is 11.5 Å². The zero-order chi connectivity index (χ0) is 13.6. The van der Waals surface area contributed by atoms with Gasteiger partial charge in [-0.25, -0.2) is 0 Å². The number of thioether (sulfide) groups is 2. The highest BCUT2D eigenvalue weighted by Gasteiger charge is 2.01. The summed E-state index contributed by atoms with van der Waals surface area (Å²) in [7, 11) is 0. The van der Waals surface area contributed by atoms with Crippen molar-refractivity contribution >= 4 is 23.5 Å². The maximum absolute atomic E-state index is 2.31. The molecule has 0 saturated heterocycles. The van der Waals surface area contributed by atoms with Crippen molar-refractivity contribution in [3.63, 3.8) is 0 Å². The second-order valence-electron chi connectivity index (χ2n) is 5.24. The van der Waals surface area contributed by atoms with E-state index in [2.05, 4.69) is 48.5 Å². The third kappa shape index (κ3) is 4.07. The molecule has 4 aliphatic rings. The van der Waals surface area contributed by atoms with E-state index in [1.165, 1.54) is 46.6 Å². The minimum Gasteiger partial charge on any atom is -0.157 e. The first kappa shape index (κ1) is 14.1. The van der Waals surface area contributed by atoms with Gasteiger partial charge < -0.3 is 0 Å². The third-order valence-electron chi connectivity index (χ3n) is 3.65. The van der Waals surface area contributed by atoms with Crippen molar-refractivity contribution in [2.24, 2.45) is 0 Å². The number of aryl methyl sites for hydroxylation is 2. The maximum Gasteiger partial charge on any atom is 0.0184 e. The topological polar surface area (TPSA) is 0 Å². The van der Waals surface area contributed by atoms with Crippen LogP contribution in [0.1, 0.15) is 22.3 Å². The molecule has 0 spiro atoms. The molecule has 2 aromatic carbocycles. The van der Waals surface area contributed by atoms with Gasteiger partial charge in [0.05, 0.1) is 0 Å². The monoisotopic (exact) mass is 300 g/mol. The molecule has 2 aromatic rings. The summed E-state index contributed by atoms with van der Waals surface area (Å²) in [4.78, 5) is 0. The minimum absolute atomic E-state index is 1.13. The van der Waals surface area contributed by atoms with E-state index in [0.29, 0.717) is 0 Å². The van der Waals surface area contributed by atoms with Crippen LogP contribution >= 0.6 is 23.5 Å². The van der Waals surface area contributed by atoms with Crippen molar-refractivity contribution in [3.8, 4) is 0 Å². The van der Waals surface area contributed by atoms with E-state index in [9.17, 15) is 0 Å². The molecule has 20 heavy (non-hydrogen) atoms. The molecule has 0 radical (unpaired) electrons. The van der Waals surface area contributed by atoms with Crippen LogP contribution in [0.25, 0.3) is 0 Å². The van der Waals surface area contributed by atoms with Crippen LogP contribution in [-0.2, 0) is 24.3 Å². The first-order chi connectivity index (χ1) is 9.90. The summed E-state index contributed by atoms with van der Waals surface area (Å²) in [5.74, 6) is 4.67. The normalized spacial score (nSPS) is 16.4. The standard InChI is InChI=1S/C18H20S2/c1-2-16-4-3-15(1)9-11-19-13-17-5-7-18(8-6-17)14-20-12-10-16/h1-8H,9-14H2. The zero-order valence-electron chi connectivity index (χ0n) is 11.7. The van der Waals surface area contributed by atoms with E-state index in [4.69, 9.17) is 0 Å². The minimum atomic E-state index is 1.13. The van der Waals surface area contributed by atoms with Crippen LogP contribution in [0, 0.1) is 0 Å². The Balaban J connectivity index is 1.71. The lowest BCUT2D eigenvalue weighted by atomic mass is 10.1. The highest BCUT2D eigenvalue weighted by Crippen LogP contribution is 2.19. The van der Waals surface area contributed by atoms with Crippen LogP contribution in [0.4, 0.5) is 0 Å². The quantitative estimate of drug-likeness (QED) is 0.675. The molecule has 0 saturated carbocycles. The average Bonchev–Trinajstić information content (AvgIpc) is 2.49. The molecule has 0 N–H and O–H groups in total. The number of hydrogen-bond acceptors (Lipinski definition) is 2. The van der Waals surface area contributed by atoms with Gasteiger partial charge in [0.2, 0.25) is 0 Å². The molecule has 0 nitrogen and oxygen atoms in total. The smallest absolute Gasteiger partial charge is 0.0184 e. The van der Waals surface area contributed by atoms with Gasteiger partial charge in [0.25, 0.3) is 0 Å². The molecule has 6 rings (SSSR count). The van der Waals surface area contributed by atoms with Crippen molar-refractivity contribution < 1.29 is 0 Å².